The molecule has 2 N–H and O–H groups in total. The lowest BCUT2D eigenvalue weighted by Crippen LogP contribution is -2.53. The summed E-state index contributed by atoms with van der Waals surface area (Å²) in [5.41, 5.74) is -1.54. The van der Waals surface area contributed by atoms with E-state index in [9.17, 15) is 23.4 Å². The molecule has 0 amide bonds. The Bertz CT molecular complexity index is 694. The first kappa shape index (κ1) is 16.7. The van der Waals surface area contributed by atoms with E-state index >= 15 is 0 Å². The molecule has 1 aliphatic rings. The summed E-state index contributed by atoms with van der Waals surface area (Å²) >= 11 is 0. The first-order chi connectivity index (χ1) is 11.3. The predicted octanol–water partition coefficient (Wildman–Crippen LogP) is 1.86. The summed E-state index contributed by atoms with van der Waals surface area (Å²) in [6, 6.07) is 9.03. The number of aromatic nitrogens is 3. The fraction of sp³-hybridized carbons (Fsp3) is 0.467. The zero-order valence-corrected chi connectivity index (χ0v) is 12.7. The number of rotatable bonds is 3. The number of benzene rings is 1. The van der Waals surface area contributed by atoms with Crippen LogP contribution in [0.15, 0.2) is 30.3 Å². The number of halogens is 3. The molecular weight excluding hydrogens is 325 g/mol. The summed E-state index contributed by atoms with van der Waals surface area (Å²) in [6.45, 7) is 0.326. The van der Waals surface area contributed by atoms with Gasteiger partial charge in [-0.2, -0.15) is 13.2 Å². The molecule has 0 aliphatic carbocycles. The third-order valence-corrected chi connectivity index (χ3v) is 4.33. The van der Waals surface area contributed by atoms with Crippen molar-refractivity contribution in [2.24, 2.45) is 0 Å². The summed E-state index contributed by atoms with van der Waals surface area (Å²) in [7, 11) is 0. The van der Waals surface area contributed by atoms with Gasteiger partial charge < -0.3 is 10.2 Å². The molecule has 1 aromatic heterocycles. The number of hydrogen-bond donors (Lipinski definition) is 2. The van der Waals surface area contributed by atoms with Crippen LogP contribution in [0, 0.1) is 0 Å². The van der Waals surface area contributed by atoms with Crippen LogP contribution >= 0.6 is 0 Å². The summed E-state index contributed by atoms with van der Waals surface area (Å²) in [4.78, 5) is 1.73. The molecule has 1 fully saturated rings. The maximum absolute atomic E-state index is 12.8. The molecule has 0 bridgehead atoms. The molecule has 1 aromatic carbocycles. The van der Waals surface area contributed by atoms with Gasteiger partial charge in [0.25, 0.3) is 5.88 Å². The highest BCUT2D eigenvalue weighted by atomic mass is 19.4. The maximum Gasteiger partial charge on any atom is 0.417 e. The van der Waals surface area contributed by atoms with E-state index in [1.54, 1.807) is 17.0 Å². The highest BCUT2D eigenvalue weighted by Crippen LogP contribution is 2.38. The van der Waals surface area contributed by atoms with Gasteiger partial charge in [0.15, 0.2) is 5.60 Å². The second-order valence-corrected chi connectivity index (χ2v) is 5.91. The maximum atomic E-state index is 12.8. The summed E-state index contributed by atoms with van der Waals surface area (Å²) in [6.07, 6.45) is -5.43. The summed E-state index contributed by atoms with van der Waals surface area (Å²) < 4.78 is 40.0. The first-order valence-corrected chi connectivity index (χ1v) is 7.51. The monoisotopic (exact) mass is 342 g/mol. The Kier molecular flexibility index (Phi) is 4.22. The molecule has 0 spiro atoms. The van der Waals surface area contributed by atoms with Crippen LogP contribution in [0.5, 0.6) is 5.88 Å². The molecule has 1 aliphatic heterocycles. The van der Waals surface area contributed by atoms with Crippen molar-refractivity contribution in [2.45, 2.75) is 31.2 Å². The average molecular weight is 342 g/mol. The quantitative estimate of drug-likeness (QED) is 0.891. The average Bonchev–Trinajstić information content (AvgIpc) is 2.90. The Morgan fingerprint density at radius 2 is 1.75 bits per heavy atom. The van der Waals surface area contributed by atoms with E-state index in [1.807, 2.05) is 18.2 Å². The van der Waals surface area contributed by atoms with E-state index < -0.39 is 24.6 Å². The van der Waals surface area contributed by atoms with Crippen molar-refractivity contribution in [1.29, 1.82) is 0 Å². The van der Waals surface area contributed by atoms with Gasteiger partial charge in [0, 0.05) is 19.6 Å². The fourth-order valence-electron chi connectivity index (χ4n) is 2.78. The van der Waals surface area contributed by atoms with Crippen LogP contribution in [-0.4, -0.2) is 55.0 Å². The second-order valence-electron chi connectivity index (χ2n) is 5.91. The molecule has 24 heavy (non-hydrogen) atoms. The van der Waals surface area contributed by atoms with Gasteiger partial charge in [0.2, 0.25) is 0 Å². The number of aliphatic hydroxyl groups is 1. The molecule has 2 heterocycles. The van der Waals surface area contributed by atoms with Crippen LogP contribution in [0.25, 0.3) is 5.69 Å². The van der Waals surface area contributed by atoms with Crippen molar-refractivity contribution in [3.63, 3.8) is 0 Å². The van der Waals surface area contributed by atoms with Gasteiger partial charge in [-0.3, -0.25) is 4.90 Å². The van der Waals surface area contributed by atoms with Gasteiger partial charge in [-0.25, -0.2) is 4.68 Å². The Balaban J connectivity index is 1.74. The molecular formula is C15H17F3N4O2. The van der Waals surface area contributed by atoms with Crippen LogP contribution in [-0.2, 0) is 6.54 Å². The highest BCUT2D eigenvalue weighted by molar-refractivity contribution is 5.34. The number of aromatic hydroxyl groups is 1. The SMILES string of the molecule is Oc1nnn(-c2ccccc2)c1CN1CCC(O)(C(F)(F)F)CC1. The molecule has 0 atom stereocenters. The van der Waals surface area contributed by atoms with Gasteiger partial charge in [-0.15, -0.1) is 0 Å². The van der Waals surface area contributed by atoms with Crippen molar-refractivity contribution >= 4 is 0 Å². The van der Waals surface area contributed by atoms with Crippen molar-refractivity contribution < 1.29 is 23.4 Å². The van der Waals surface area contributed by atoms with Crippen LogP contribution in [0.1, 0.15) is 18.5 Å². The van der Waals surface area contributed by atoms with Crippen LogP contribution < -0.4 is 0 Å². The van der Waals surface area contributed by atoms with E-state index in [1.165, 1.54) is 4.68 Å². The van der Waals surface area contributed by atoms with Crippen LogP contribution in [0.3, 0.4) is 0 Å². The normalized spacial score (nSPS) is 18.7. The second kappa shape index (κ2) is 6.06. The molecule has 0 unspecified atom stereocenters. The molecule has 130 valence electrons. The Morgan fingerprint density at radius 3 is 2.33 bits per heavy atom. The molecule has 0 saturated carbocycles. The third kappa shape index (κ3) is 3.09. The first-order valence-electron chi connectivity index (χ1n) is 7.51. The topological polar surface area (TPSA) is 74.4 Å². The van der Waals surface area contributed by atoms with Crippen LogP contribution in [0.2, 0.25) is 0 Å². The standard InChI is InChI=1S/C15H17F3N4O2/c16-15(17,18)14(24)6-8-21(9-7-14)10-12-13(23)19-20-22(12)11-4-2-1-3-5-11/h1-5,23-24H,6-10H2. The lowest BCUT2D eigenvalue weighted by molar-refractivity contribution is -0.272. The number of hydrogen-bond acceptors (Lipinski definition) is 5. The number of piperidine rings is 1. The molecule has 1 saturated heterocycles. The zero-order chi connectivity index (χ0) is 17.4. The van der Waals surface area contributed by atoms with Gasteiger partial charge in [-0.05, 0) is 25.0 Å². The zero-order valence-electron chi connectivity index (χ0n) is 12.7. The summed E-state index contributed by atoms with van der Waals surface area (Å²) in [5, 5.41) is 27.1. The minimum absolute atomic E-state index is 0.0649. The lowest BCUT2D eigenvalue weighted by Gasteiger charge is -2.39. The van der Waals surface area contributed by atoms with Gasteiger partial charge in [0.1, 0.15) is 5.69 Å². The largest absolute Gasteiger partial charge is 0.491 e. The molecule has 0 radical (unpaired) electrons. The molecule has 3 rings (SSSR count). The minimum Gasteiger partial charge on any atom is -0.491 e. The highest BCUT2D eigenvalue weighted by Gasteiger charge is 2.54. The number of nitrogens with zero attached hydrogens (tertiary/aromatic N) is 4. The predicted molar refractivity (Wildman–Crippen MR) is 78.5 cm³/mol. The van der Waals surface area contributed by atoms with Gasteiger partial charge in [0.05, 0.1) is 5.69 Å². The molecule has 2 aromatic rings. The van der Waals surface area contributed by atoms with E-state index in [0.29, 0.717) is 11.4 Å². The van der Waals surface area contributed by atoms with Crippen molar-refractivity contribution in [3.8, 4) is 11.6 Å². The Labute approximate surface area is 136 Å². The smallest absolute Gasteiger partial charge is 0.417 e. The fourth-order valence-corrected chi connectivity index (χ4v) is 2.78. The van der Waals surface area contributed by atoms with Gasteiger partial charge >= 0.3 is 6.18 Å². The van der Waals surface area contributed by atoms with E-state index in [-0.39, 0.29) is 25.5 Å². The van der Waals surface area contributed by atoms with E-state index in [4.69, 9.17) is 0 Å². The molecule has 6 nitrogen and oxygen atoms in total. The van der Waals surface area contributed by atoms with E-state index in [0.717, 1.165) is 0 Å². The Hall–Kier alpha value is -2.13. The number of alkyl halides is 3. The number of para-hydroxylation sites is 1. The minimum atomic E-state index is -4.63. The van der Waals surface area contributed by atoms with Crippen molar-refractivity contribution in [2.75, 3.05) is 13.1 Å². The lowest BCUT2D eigenvalue weighted by atomic mass is 9.91. The van der Waals surface area contributed by atoms with Crippen LogP contribution in [0.4, 0.5) is 13.2 Å². The molecule has 9 heteroatoms. The third-order valence-electron chi connectivity index (χ3n) is 4.33. The van der Waals surface area contributed by atoms with E-state index in [2.05, 4.69) is 10.3 Å². The number of likely N-dealkylation sites (tertiary alicyclic amines) is 1. The van der Waals surface area contributed by atoms with Crippen molar-refractivity contribution in [1.82, 2.24) is 19.9 Å². The van der Waals surface area contributed by atoms with Crippen molar-refractivity contribution in [3.05, 3.63) is 36.0 Å². The Morgan fingerprint density at radius 1 is 1.12 bits per heavy atom. The van der Waals surface area contributed by atoms with Gasteiger partial charge in [-0.1, -0.05) is 28.5 Å². The summed E-state index contributed by atoms with van der Waals surface area (Å²) in [5.74, 6) is -0.254.